The monoisotopic (exact) mass is 387 g/mol. The number of amides is 1. The third-order valence-electron chi connectivity index (χ3n) is 4.82. The van der Waals surface area contributed by atoms with E-state index in [1.54, 1.807) is 7.11 Å². The van der Waals surface area contributed by atoms with Gasteiger partial charge in [-0.3, -0.25) is 4.79 Å². The van der Waals surface area contributed by atoms with E-state index in [1.807, 2.05) is 61.2 Å². The molecule has 0 aliphatic carbocycles. The second kappa shape index (κ2) is 8.09. The van der Waals surface area contributed by atoms with Crippen LogP contribution in [0.3, 0.4) is 0 Å². The largest absolute Gasteiger partial charge is 0.497 e. The quantitative estimate of drug-likeness (QED) is 0.845. The third-order valence-corrected chi connectivity index (χ3v) is 5.06. The van der Waals surface area contributed by atoms with E-state index in [0.29, 0.717) is 13.1 Å². The Hall–Kier alpha value is -2.40. The first-order valence-corrected chi connectivity index (χ1v) is 9.49. The van der Waals surface area contributed by atoms with E-state index in [0.717, 1.165) is 35.2 Å². The summed E-state index contributed by atoms with van der Waals surface area (Å²) < 4.78 is 5.18. The topological polar surface area (TPSA) is 44.8 Å². The molecule has 0 saturated carbocycles. The Morgan fingerprint density at radius 2 is 1.74 bits per heavy atom. The summed E-state index contributed by atoms with van der Waals surface area (Å²) in [5.74, 6) is 0.894. The minimum atomic E-state index is -0.688. The van der Waals surface area contributed by atoms with Gasteiger partial charge in [-0.05, 0) is 56.3 Å². The molecular weight excluding hydrogens is 362 g/mol. The zero-order chi connectivity index (χ0) is 19.4. The molecule has 0 unspecified atom stereocenters. The lowest BCUT2D eigenvalue weighted by molar-refractivity contribution is -0.135. The summed E-state index contributed by atoms with van der Waals surface area (Å²) >= 11 is 6.09. The van der Waals surface area contributed by atoms with Crippen LogP contribution in [0.15, 0.2) is 48.5 Å². The number of nitrogens with one attached hydrogen (secondary N) is 1. The van der Waals surface area contributed by atoms with E-state index < -0.39 is 5.54 Å². The van der Waals surface area contributed by atoms with E-state index in [1.165, 1.54) is 0 Å². The number of nitrogens with zero attached hydrogens (tertiary/aromatic N) is 2. The van der Waals surface area contributed by atoms with Gasteiger partial charge in [-0.25, -0.2) is 0 Å². The number of benzene rings is 2. The van der Waals surface area contributed by atoms with Crippen molar-refractivity contribution in [3.8, 4) is 5.75 Å². The molecule has 3 rings (SSSR count). The lowest BCUT2D eigenvalue weighted by atomic mass is 10.0. The van der Waals surface area contributed by atoms with Gasteiger partial charge in [0.05, 0.1) is 7.11 Å². The maximum Gasteiger partial charge on any atom is 0.247 e. The number of rotatable bonds is 5. The summed E-state index contributed by atoms with van der Waals surface area (Å²) in [6.07, 6.45) is 0. The van der Waals surface area contributed by atoms with Crippen molar-refractivity contribution in [2.24, 2.45) is 0 Å². The van der Waals surface area contributed by atoms with E-state index in [9.17, 15) is 4.79 Å². The first kappa shape index (κ1) is 19.4. The number of hydrogen-bond acceptors (Lipinski definition) is 4. The normalized spacial score (nSPS) is 14.8. The summed E-state index contributed by atoms with van der Waals surface area (Å²) in [6, 6.07) is 15.5. The van der Waals surface area contributed by atoms with Gasteiger partial charge < -0.3 is 19.9 Å². The Kier molecular flexibility index (Phi) is 5.80. The molecule has 27 heavy (non-hydrogen) atoms. The molecule has 0 spiro atoms. The zero-order valence-corrected chi connectivity index (χ0v) is 16.8. The molecule has 1 amide bonds. The van der Waals surface area contributed by atoms with Crippen LogP contribution in [0, 0.1) is 0 Å². The van der Waals surface area contributed by atoms with Crippen molar-refractivity contribution >= 4 is 28.9 Å². The second-order valence-corrected chi connectivity index (χ2v) is 7.67. The number of carbonyl (C=O) groups is 1. The molecule has 1 aliphatic rings. The van der Waals surface area contributed by atoms with E-state index >= 15 is 0 Å². The van der Waals surface area contributed by atoms with Crippen LogP contribution in [0.25, 0.3) is 0 Å². The predicted octanol–water partition coefficient (Wildman–Crippen LogP) is 3.89. The van der Waals surface area contributed by atoms with Crippen molar-refractivity contribution < 1.29 is 9.53 Å². The van der Waals surface area contributed by atoms with Crippen LogP contribution in [-0.4, -0.2) is 49.6 Å². The number of halogens is 1. The molecule has 144 valence electrons. The van der Waals surface area contributed by atoms with Crippen LogP contribution in [0.4, 0.5) is 11.4 Å². The van der Waals surface area contributed by atoms with Crippen LogP contribution >= 0.6 is 11.6 Å². The third kappa shape index (κ3) is 4.66. The van der Waals surface area contributed by atoms with Gasteiger partial charge in [-0.1, -0.05) is 17.7 Å². The predicted molar refractivity (Wildman–Crippen MR) is 111 cm³/mol. The van der Waals surface area contributed by atoms with Crippen molar-refractivity contribution in [2.45, 2.75) is 19.4 Å². The fourth-order valence-electron chi connectivity index (χ4n) is 3.32. The smallest absolute Gasteiger partial charge is 0.247 e. The molecule has 5 nitrogen and oxygen atoms in total. The number of methoxy groups -OCH3 is 1. The van der Waals surface area contributed by atoms with Crippen LogP contribution in [0.1, 0.15) is 13.8 Å². The number of carbonyl (C=O) groups excluding carboxylic acids is 1. The van der Waals surface area contributed by atoms with Gasteiger partial charge in [0, 0.05) is 42.6 Å². The lowest BCUT2D eigenvalue weighted by Crippen LogP contribution is -2.56. The minimum Gasteiger partial charge on any atom is -0.497 e. The Morgan fingerprint density at radius 3 is 2.33 bits per heavy atom. The van der Waals surface area contributed by atoms with Gasteiger partial charge in [0.25, 0.3) is 0 Å². The average molecular weight is 388 g/mol. The second-order valence-electron chi connectivity index (χ2n) is 7.24. The van der Waals surface area contributed by atoms with Crippen molar-refractivity contribution in [2.75, 3.05) is 43.5 Å². The first-order chi connectivity index (χ1) is 12.9. The fraction of sp³-hybridized carbons (Fsp3) is 0.381. The molecule has 0 radical (unpaired) electrons. The Bertz CT molecular complexity index is 784. The number of hydrogen-bond donors (Lipinski definition) is 1. The molecule has 2 aromatic rings. The SMILES string of the molecule is COc1ccc(NC(C)(C)C(=O)N2CCN(c3cccc(Cl)c3)CC2)cc1. The molecule has 1 heterocycles. The summed E-state index contributed by atoms with van der Waals surface area (Å²) in [5, 5.41) is 4.07. The molecule has 0 atom stereocenters. The highest BCUT2D eigenvalue weighted by Gasteiger charge is 2.33. The molecular formula is C21H26ClN3O2. The highest BCUT2D eigenvalue weighted by atomic mass is 35.5. The molecule has 6 heteroatoms. The zero-order valence-electron chi connectivity index (χ0n) is 16.0. The Balaban J connectivity index is 1.60. The summed E-state index contributed by atoms with van der Waals surface area (Å²) in [6.45, 7) is 6.82. The van der Waals surface area contributed by atoms with Crippen LogP contribution in [0.2, 0.25) is 5.02 Å². The van der Waals surface area contributed by atoms with Gasteiger partial charge in [-0.15, -0.1) is 0 Å². The maximum atomic E-state index is 13.0. The highest BCUT2D eigenvalue weighted by molar-refractivity contribution is 6.30. The van der Waals surface area contributed by atoms with Gasteiger partial charge in [0.1, 0.15) is 11.3 Å². The van der Waals surface area contributed by atoms with Crippen molar-refractivity contribution in [3.63, 3.8) is 0 Å². The molecule has 0 bridgehead atoms. The fourth-order valence-corrected chi connectivity index (χ4v) is 3.51. The molecule has 1 aliphatic heterocycles. The molecule has 1 saturated heterocycles. The van der Waals surface area contributed by atoms with E-state index in [4.69, 9.17) is 16.3 Å². The van der Waals surface area contributed by atoms with Crippen molar-refractivity contribution in [3.05, 3.63) is 53.6 Å². The van der Waals surface area contributed by atoms with E-state index in [2.05, 4.69) is 16.3 Å². The molecule has 1 N–H and O–H groups in total. The maximum absolute atomic E-state index is 13.0. The summed E-state index contributed by atoms with van der Waals surface area (Å²) in [7, 11) is 1.64. The van der Waals surface area contributed by atoms with Gasteiger partial charge >= 0.3 is 0 Å². The minimum absolute atomic E-state index is 0.101. The molecule has 2 aromatic carbocycles. The highest BCUT2D eigenvalue weighted by Crippen LogP contribution is 2.23. The number of anilines is 2. The van der Waals surface area contributed by atoms with E-state index in [-0.39, 0.29) is 5.91 Å². The van der Waals surface area contributed by atoms with Crippen molar-refractivity contribution in [1.82, 2.24) is 4.90 Å². The van der Waals surface area contributed by atoms with Gasteiger partial charge in [-0.2, -0.15) is 0 Å². The number of ether oxygens (including phenoxy) is 1. The molecule has 1 fully saturated rings. The Labute approximate surface area is 165 Å². The average Bonchev–Trinajstić information content (AvgIpc) is 2.68. The number of piperazine rings is 1. The molecule has 0 aromatic heterocycles. The van der Waals surface area contributed by atoms with Crippen molar-refractivity contribution in [1.29, 1.82) is 0 Å². The van der Waals surface area contributed by atoms with Crippen LogP contribution < -0.4 is 15.0 Å². The van der Waals surface area contributed by atoms with Crippen LogP contribution in [-0.2, 0) is 4.79 Å². The summed E-state index contributed by atoms with van der Waals surface area (Å²) in [5.41, 5.74) is 1.31. The summed E-state index contributed by atoms with van der Waals surface area (Å²) in [4.78, 5) is 17.2. The Morgan fingerprint density at radius 1 is 1.07 bits per heavy atom. The van der Waals surface area contributed by atoms with Gasteiger partial charge in [0.15, 0.2) is 0 Å². The first-order valence-electron chi connectivity index (χ1n) is 9.11. The van der Waals surface area contributed by atoms with Gasteiger partial charge in [0.2, 0.25) is 5.91 Å². The standard InChI is InChI=1S/C21H26ClN3O2/c1-21(2,23-17-7-9-19(27-3)10-8-17)20(26)25-13-11-24(12-14-25)18-6-4-5-16(22)15-18/h4-10,15,23H,11-14H2,1-3H3. The lowest BCUT2D eigenvalue weighted by Gasteiger charge is -2.40. The van der Waals surface area contributed by atoms with Crippen LogP contribution in [0.5, 0.6) is 5.75 Å².